The predicted octanol–water partition coefficient (Wildman–Crippen LogP) is -1.95. The van der Waals surface area contributed by atoms with E-state index in [1.807, 2.05) is 0 Å². The summed E-state index contributed by atoms with van der Waals surface area (Å²) in [5, 5.41) is 125. The monoisotopic (exact) mass is 902 g/mol. The molecule has 0 aliphatic carbocycles. The Morgan fingerprint density at radius 1 is 0.688 bits per heavy atom. The molecule has 0 spiro atoms. The highest BCUT2D eigenvalue weighted by molar-refractivity contribution is 5.88. The summed E-state index contributed by atoms with van der Waals surface area (Å²) in [6.07, 6.45) is -23.2. The quantitative estimate of drug-likeness (QED) is 0.0543. The summed E-state index contributed by atoms with van der Waals surface area (Å²) in [6, 6.07) is 12.8. The lowest BCUT2D eigenvalue weighted by Crippen LogP contribution is -2.62. The maximum atomic E-state index is 14.3. The third-order valence-corrected chi connectivity index (χ3v) is 10.8. The van der Waals surface area contributed by atoms with E-state index < -0.39 is 139 Å². The third kappa shape index (κ3) is 9.64. The smallest absolute Gasteiger partial charge is 0.331 e. The molecule has 7 rings (SSSR count). The Morgan fingerprint density at radius 2 is 1.28 bits per heavy atom. The van der Waals surface area contributed by atoms with E-state index in [1.54, 1.807) is 0 Å². The van der Waals surface area contributed by atoms with Crippen molar-refractivity contribution in [3.05, 3.63) is 82.5 Å². The fraction of sp³-hybridized carbons (Fsp3) is 0.429. The Labute approximate surface area is 361 Å². The van der Waals surface area contributed by atoms with Crippen LogP contribution in [0, 0.1) is 0 Å². The number of hydrogen-bond acceptors (Lipinski definition) is 22. The number of carbonyl (C=O) groups excluding carboxylic acids is 1. The molecular formula is C42H46O22. The van der Waals surface area contributed by atoms with E-state index in [4.69, 9.17) is 37.6 Å². The SMILES string of the molecule is CC1OC(OCC2OC(Oc3c(-c4ccc(O)cc4)oc4cc(OC5OC(CO)C(O)C(O)C5O)cc(O)c4c3=O)C(O)C(O)C2OC(=O)C=Cc2ccc(O)cc2)C(O)C(O)C1O. The van der Waals surface area contributed by atoms with E-state index in [0.29, 0.717) is 5.56 Å². The minimum Gasteiger partial charge on any atom is -0.508 e. The Morgan fingerprint density at radius 3 is 1.95 bits per heavy atom. The number of aliphatic hydroxyl groups is 9. The molecule has 64 heavy (non-hydrogen) atoms. The molecule has 3 saturated heterocycles. The second-order valence-electron chi connectivity index (χ2n) is 15.3. The lowest BCUT2D eigenvalue weighted by molar-refractivity contribution is -0.319. The number of ether oxygens (including phenoxy) is 7. The average Bonchev–Trinajstić information content (AvgIpc) is 3.27. The zero-order valence-corrected chi connectivity index (χ0v) is 33.5. The van der Waals surface area contributed by atoms with Crippen molar-refractivity contribution in [3.63, 3.8) is 0 Å². The van der Waals surface area contributed by atoms with Gasteiger partial charge in [-0.05, 0) is 55.0 Å². The summed E-state index contributed by atoms with van der Waals surface area (Å²) in [5.41, 5.74) is -0.907. The van der Waals surface area contributed by atoms with Gasteiger partial charge in [0.15, 0.2) is 18.2 Å². The number of benzene rings is 3. The van der Waals surface area contributed by atoms with Gasteiger partial charge in [0.1, 0.15) is 95.0 Å². The van der Waals surface area contributed by atoms with Crippen LogP contribution in [-0.2, 0) is 28.5 Å². The minimum atomic E-state index is -2.12. The van der Waals surface area contributed by atoms with E-state index in [0.717, 1.165) is 18.2 Å². The zero-order chi connectivity index (χ0) is 46.1. The topological polar surface area (TPSA) is 355 Å². The largest absolute Gasteiger partial charge is 0.508 e. The Hall–Kier alpha value is -5.44. The van der Waals surface area contributed by atoms with E-state index in [1.165, 1.54) is 61.5 Å². The van der Waals surface area contributed by atoms with Gasteiger partial charge in [-0.15, -0.1) is 0 Å². The lowest BCUT2D eigenvalue weighted by Gasteiger charge is -2.43. The van der Waals surface area contributed by atoms with Gasteiger partial charge in [-0.2, -0.15) is 0 Å². The van der Waals surface area contributed by atoms with Gasteiger partial charge in [0.2, 0.25) is 23.8 Å². The number of carbonyl (C=O) groups is 1. The molecule has 3 aromatic carbocycles. The lowest BCUT2D eigenvalue weighted by atomic mass is 9.98. The van der Waals surface area contributed by atoms with Crippen LogP contribution in [0.4, 0.5) is 0 Å². The number of phenols is 3. The summed E-state index contributed by atoms with van der Waals surface area (Å²) >= 11 is 0. The van der Waals surface area contributed by atoms with Gasteiger partial charge in [-0.25, -0.2) is 4.79 Å². The highest BCUT2D eigenvalue weighted by Gasteiger charge is 2.50. The van der Waals surface area contributed by atoms with Gasteiger partial charge < -0.3 is 98.9 Å². The normalized spacial score (nSPS) is 33.2. The van der Waals surface area contributed by atoms with E-state index in [2.05, 4.69) is 0 Å². The van der Waals surface area contributed by atoms with Crippen molar-refractivity contribution in [2.45, 2.75) is 99.0 Å². The second-order valence-corrected chi connectivity index (χ2v) is 15.3. The van der Waals surface area contributed by atoms with Crippen LogP contribution in [0.15, 0.2) is 76.0 Å². The molecule has 3 aliphatic heterocycles. The van der Waals surface area contributed by atoms with E-state index >= 15 is 0 Å². The first kappa shape index (κ1) is 46.5. The van der Waals surface area contributed by atoms with Gasteiger partial charge in [-0.3, -0.25) is 4.79 Å². The van der Waals surface area contributed by atoms with Crippen LogP contribution >= 0.6 is 0 Å². The fourth-order valence-corrected chi connectivity index (χ4v) is 7.20. The van der Waals surface area contributed by atoms with Crippen LogP contribution in [0.25, 0.3) is 28.4 Å². The number of fused-ring (bicyclic) bond motifs is 1. The Bertz CT molecular complexity index is 2330. The van der Waals surface area contributed by atoms with Gasteiger partial charge in [0.05, 0.1) is 19.3 Å². The Balaban J connectivity index is 1.21. The van der Waals surface area contributed by atoms with Crippen molar-refractivity contribution < 1.29 is 104 Å². The first-order chi connectivity index (χ1) is 30.4. The maximum absolute atomic E-state index is 14.3. The molecular weight excluding hydrogens is 856 g/mol. The molecule has 0 amide bonds. The van der Waals surface area contributed by atoms with E-state index in [9.17, 15) is 70.9 Å². The van der Waals surface area contributed by atoms with Gasteiger partial charge in [-0.1, -0.05) is 12.1 Å². The number of aromatic hydroxyl groups is 3. The predicted molar refractivity (Wildman–Crippen MR) is 212 cm³/mol. The molecule has 12 N–H and O–H groups in total. The highest BCUT2D eigenvalue weighted by Crippen LogP contribution is 2.39. The van der Waals surface area contributed by atoms with Crippen LogP contribution in [0.3, 0.4) is 0 Å². The molecule has 22 heteroatoms. The first-order valence-corrected chi connectivity index (χ1v) is 19.7. The minimum absolute atomic E-state index is 0.0263. The highest BCUT2D eigenvalue weighted by atomic mass is 16.7. The van der Waals surface area contributed by atoms with Crippen molar-refractivity contribution in [3.8, 4) is 40.1 Å². The molecule has 3 fully saturated rings. The zero-order valence-electron chi connectivity index (χ0n) is 33.5. The van der Waals surface area contributed by atoms with Gasteiger partial charge in [0, 0.05) is 23.8 Å². The molecule has 15 unspecified atom stereocenters. The first-order valence-electron chi connectivity index (χ1n) is 19.7. The maximum Gasteiger partial charge on any atom is 0.331 e. The van der Waals surface area contributed by atoms with Crippen molar-refractivity contribution in [1.82, 2.24) is 0 Å². The Kier molecular flexibility index (Phi) is 14.1. The standard InChI is InChI=1S/C42H46O22/c1-16-28(48)31(51)34(54)40(58-16)57-15-25-38(63-26(47)11-4-17-2-7-19(44)8-3-17)33(53)36(56)42(62-25)64-39-30(50)27-22(46)12-21(59-41-35(55)32(52)29(49)24(14-43)61-41)13-23(27)60-37(39)18-5-9-20(45)10-6-18/h2-13,16,24-25,28-29,31-36,38,40-46,48-49,51-56H,14-15H2,1H3. The molecule has 0 saturated carbocycles. The van der Waals surface area contributed by atoms with Crippen LogP contribution in [-0.4, -0.2) is 173 Å². The summed E-state index contributed by atoms with van der Waals surface area (Å²) in [6.45, 7) is -0.0756. The molecule has 15 atom stereocenters. The average molecular weight is 903 g/mol. The molecule has 3 aliphatic rings. The molecule has 22 nitrogen and oxygen atoms in total. The summed E-state index contributed by atoms with van der Waals surface area (Å²) < 4.78 is 45.7. The summed E-state index contributed by atoms with van der Waals surface area (Å²) in [4.78, 5) is 27.4. The molecule has 346 valence electrons. The summed E-state index contributed by atoms with van der Waals surface area (Å²) in [7, 11) is 0. The van der Waals surface area contributed by atoms with Crippen molar-refractivity contribution in [2.75, 3.05) is 13.2 Å². The van der Waals surface area contributed by atoms with Crippen molar-refractivity contribution in [1.29, 1.82) is 0 Å². The molecule has 4 aromatic rings. The van der Waals surface area contributed by atoms with Crippen molar-refractivity contribution in [2.24, 2.45) is 0 Å². The number of hydrogen-bond donors (Lipinski definition) is 12. The van der Waals surface area contributed by atoms with Gasteiger partial charge in [0.25, 0.3) is 0 Å². The van der Waals surface area contributed by atoms with Crippen molar-refractivity contribution >= 4 is 23.0 Å². The van der Waals surface area contributed by atoms with Crippen LogP contribution in [0.2, 0.25) is 0 Å². The van der Waals surface area contributed by atoms with Crippen LogP contribution in [0.1, 0.15) is 12.5 Å². The van der Waals surface area contributed by atoms with Crippen LogP contribution < -0.4 is 14.9 Å². The second kappa shape index (κ2) is 19.3. The molecule has 1 aromatic heterocycles. The fourth-order valence-electron chi connectivity index (χ4n) is 7.20. The molecule has 0 bridgehead atoms. The third-order valence-electron chi connectivity index (χ3n) is 10.8. The number of rotatable bonds is 12. The summed E-state index contributed by atoms with van der Waals surface area (Å²) in [5.74, 6) is -3.47. The number of esters is 1. The van der Waals surface area contributed by atoms with Crippen LogP contribution in [0.5, 0.6) is 28.7 Å². The van der Waals surface area contributed by atoms with E-state index in [-0.39, 0.29) is 28.4 Å². The van der Waals surface area contributed by atoms with Gasteiger partial charge >= 0.3 is 5.97 Å². The molecule has 0 radical (unpaired) electrons. The number of phenolic OH excluding ortho intramolecular Hbond substituents is 3. The molecule has 4 heterocycles. The number of aliphatic hydroxyl groups excluding tert-OH is 9.